The Morgan fingerprint density at radius 3 is 2.19 bits per heavy atom. The number of amides is 1. The van der Waals surface area contributed by atoms with Crippen molar-refractivity contribution in [3.8, 4) is 5.75 Å². The van der Waals surface area contributed by atoms with Gasteiger partial charge in [0.2, 0.25) is 10.0 Å². The third-order valence-corrected chi connectivity index (χ3v) is 5.77. The smallest absolute Gasteiger partial charge is 0.251 e. The molecule has 1 aromatic carbocycles. The average molecular weight is 400 g/mol. The van der Waals surface area contributed by atoms with Crippen molar-refractivity contribution >= 4 is 15.9 Å². The molecule has 27 heavy (non-hydrogen) atoms. The number of carbonyl (C=O) groups is 1. The quantitative estimate of drug-likeness (QED) is 0.630. The normalized spacial score (nSPS) is 12.3. The van der Waals surface area contributed by atoms with Gasteiger partial charge in [-0.2, -0.15) is 0 Å². The maximum Gasteiger partial charge on any atom is 0.251 e. The van der Waals surface area contributed by atoms with Gasteiger partial charge in [-0.1, -0.05) is 0 Å². The molecule has 154 valence electrons. The van der Waals surface area contributed by atoms with Gasteiger partial charge in [-0.05, 0) is 59.7 Å². The van der Waals surface area contributed by atoms with E-state index in [-0.39, 0.29) is 28.2 Å². The first-order chi connectivity index (χ1) is 12.5. The minimum Gasteiger partial charge on any atom is -0.495 e. The van der Waals surface area contributed by atoms with Crippen LogP contribution in [0.3, 0.4) is 0 Å². The van der Waals surface area contributed by atoms with E-state index in [9.17, 15) is 13.2 Å². The molecule has 0 saturated carbocycles. The van der Waals surface area contributed by atoms with Crippen molar-refractivity contribution in [1.29, 1.82) is 0 Å². The van der Waals surface area contributed by atoms with Gasteiger partial charge < -0.3 is 10.1 Å². The zero-order valence-electron chi connectivity index (χ0n) is 17.4. The van der Waals surface area contributed by atoms with Crippen LogP contribution in [0.25, 0.3) is 0 Å². The lowest BCUT2D eigenvalue weighted by atomic mass is 10.2. The monoisotopic (exact) mass is 399 g/mol. The predicted octanol–water partition coefficient (Wildman–Crippen LogP) is 2.23. The Morgan fingerprint density at radius 1 is 1.11 bits per heavy atom. The molecule has 2 N–H and O–H groups in total. The number of rotatable bonds is 10. The molecule has 0 heterocycles. The van der Waals surface area contributed by atoms with Gasteiger partial charge in [0.1, 0.15) is 10.6 Å². The molecule has 0 unspecified atom stereocenters. The molecule has 1 rings (SSSR count). The Bertz CT molecular complexity index is 722. The molecule has 0 radical (unpaired) electrons. The van der Waals surface area contributed by atoms with Crippen LogP contribution >= 0.6 is 0 Å². The van der Waals surface area contributed by atoms with Crippen molar-refractivity contribution < 1.29 is 17.9 Å². The van der Waals surface area contributed by atoms with Crippen molar-refractivity contribution in [2.45, 2.75) is 64.6 Å². The Labute approximate surface area is 163 Å². The predicted molar refractivity (Wildman–Crippen MR) is 108 cm³/mol. The Morgan fingerprint density at radius 2 is 1.70 bits per heavy atom. The number of hydrogen-bond acceptors (Lipinski definition) is 5. The highest BCUT2D eigenvalue weighted by molar-refractivity contribution is 7.89. The topological polar surface area (TPSA) is 87.7 Å². The van der Waals surface area contributed by atoms with Crippen LogP contribution in [0.5, 0.6) is 5.75 Å². The summed E-state index contributed by atoms with van der Waals surface area (Å²) < 4.78 is 32.7. The van der Waals surface area contributed by atoms with E-state index in [1.165, 1.54) is 19.2 Å². The van der Waals surface area contributed by atoms with Gasteiger partial charge in [0, 0.05) is 36.8 Å². The van der Waals surface area contributed by atoms with E-state index in [2.05, 4.69) is 42.6 Å². The molecule has 0 fully saturated rings. The van der Waals surface area contributed by atoms with Crippen LogP contribution < -0.4 is 14.8 Å². The summed E-state index contributed by atoms with van der Waals surface area (Å²) in [6.45, 7) is 13.1. The standard InChI is InChI=1S/C19H33N3O4S/c1-13(2)21-27(24,25)18-12-16(8-9-17(18)26-7)19(23)20-10-11-22(14(3)4)15(5)6/h8-9,12-15,21H,10-11H2,1-7H3,(H,20,23). The largest absolute Gasteiger partial charge is 0.495 e. The Kier molecular flexibility index (Phi) is 8.71. The van der Waals surface area contributed by atoms with Crippen molar-refractivity contribution in [2.75, 3.05) is 20.2 Å². The van der Waals surface area contributed by atoms with Crippen LogP contribution in [0, 0.1) is 0 Å². The molecular weight excluding hydrogens is 366 g/mol. The van der Waals surface area contributed by atoms with Crippen LogP contribution in [-0.2, 0) is 10.0 Å². The fraction of sp³-hybridized carbons (Fsp3) is 0.632. The second-order valence-electron chi connectivity index (χ2n) is 7.32. The lowest BCUT2D eigenvalue weighted by Gasteiger charge is -2.30. The van der Waals surface area contributed by atoms with Crippen molar-refractivity contribution in [2.24, 2.45) is 0 Å². The first kappa shape index (κ1) is 23.4. The average Bonchev–Trinajstić information content (AvgIpc) is 2.56. The number of sulfonamides is 1. The number of ether oxygens (including phenoxy) is 1. The van der Waals surface area contributed by atoms with E-state index in [1.807, 2.05) is 0 Å². The Balaban J connectivity index is 2.94. The fourth-order valence-corrected chi connectivity index (χ4v) is 4.36. The highest BCUT2D eigenvalue weighted by Gasteiger charge is 2.22. The third-order valence-electron chi connectivity index (χ3n) is 4.09. The maximum atomic E-state index is 12.5. The van der Waals surface area contributed by atoms with E-state index in [4.69, 9.17) is 4.74 Å². The molecule has 1 amide bonds. The first-order valence-corrected chi connectivity index (χ1v) is 10.7. The van der Waals surface area contributed by atoms with E-state index < -0.39 is 10.0 Å². The van der Waals surface area contributed by atoms with Gasteiger partial charge in [0.05, 0.1) is 7.11 Å². The summed E-state index contributed by atoms with van der Waals surface area (Å²) >= 11 is 0. The van der Waals surface area contributed by atoms with E-state index in [0.717, 1.165) is 6.54 Å². The summed E-state index contributed by atoms with van der Waals surface area (Å²) in [6.07, 6.45) is 0. The van der Waals surface area contributed by atoms with Crippen LogP contribution in [0.2, 0.25) is 0 Å². The van der Waals surface area contributed by atoms with E-state index in [0.29, 0.717) is 18.6 Å². The summed E-state index contributed by atoms with van der Waals surface area (Å²) in [6, 6.07) is 4.89. The summed E-state index contributed by atoms with van der Waals surface area (Å²) in [7, 11) is -2.38. The fourth-order valence-electron chi connectivity index (χ4n) is 2.92. The molecule has 0 atom stereocenters. The van der Waals surface area contributed by atoms with E-state index in [1.54, 1.807) is 19.9 Å². The van der Waals surface area contributed by atoms with E-state index >= 15 is 0 Å². The number of methoxy groups -OCH3 is 1. The van der Waals surface area contributed by atoms with Crippen molar-refractivity contribution in [3.63, 3.8) is 0 Å². The molecule has 8 heteroatoms. The second-order valence-corrected chi connectivity index (χ2v) is 9.01. The zero-order valence-corrected chi connectivity index (χ0v) is 18.2. The van der Waals surface area contributed by atoms with Crippen LogP contribution in [0.1, 0.15) is 51.9 Å². The van der Waals surface area contributed by atoms with Gasteiger partial charge in [-0.3, -0.25) is 9.69 Å². The minimum absolute atomic E-state index is 0.0441. The van der Waals surface area contributed by atoms with Crippen LogP contribution in [-0.4, -0.2) is 57.5 Å². The first-order valence-electron chi connectivity index (χ1n) is 9.24. The molecule has 0 spiro atoms. The summed E-state index contributed by atoms with van der Waals surface area (Å²) in [5.41, 5.74) is 0.278. The molecule has 0 aliphatic heterocycles. The van der Waals surface area contributed by atoms with Gasteiger partial charge in [-0.15, -0.1) is 0 Å². The molecule has 0 aliphatic carbocycles. The number of carbonyl (C=O) groups excluding carboxylic acids is 1. The SMILES string of the molecule is COc1ccc(C(=O)NCCN(C(C)C)C(C)C)cc1S(=O)(=O)NC(C)C. The summed E-state index contributed by atoms with van der Waals surface area (Å²) in [5, 5.41) is 2.86. The van der Waals surface area contributed by atoms with Gasteiger partial charge in [-0.25, -0.2) is 13.1 Å². The lowest BCUT2D eigenvalue weighted by molar-refractivity contribution is 0.0939. The van der Waals surface area contributed by atoms with Crippen molar-refractivity contribution in [1.82, 2.24) is 14.9 Å². The third kappa shape index (κ3) is 6.79. The van der Waals surface area contributed by atoms with Gasteiger partial charge >= 0.3 is 0 Å². The molecule has 0 aliphatic rings. The molecule has 0 bridgehead atoms. The van der Waals surface area contributed by atoms with Crippen molar-refractivity contribution in [3.05, 3.63) is 23.8 Å². The molecule has 0 aromatic heterocycles. The number of nitrogens with one attached hydrogen (secondary N) is 2. The minimum atomic E-state index is -3.78. The highest BCUT2D eigenvalue weighted by Crippen LogP contribution is 2.25. The highest BCUT2D eigenvalue weighted by atomic mass is 32.2. The molecule has 7 nitrogen and oxygen atoms in total. The molecule has 1 aromatic rings. The number of nitrogens with zero attached hydrogens (tertiary/aromatic N) is 1. The van der Waals surface area contributed by atoms with Gasteiger partial charge in [0.15, 0.2) is 0 Å². The van der Waals surface area contributed by atoms with Crippen LogP contribution in [0.15, 0.2) is 23.1 Å². The molecular formula is C19H33N3O4S. The zero-order chi connectivity index (χ0) is 20.8. The second kappa shape index (κ2) is 10.1. The van der Waals surface area contributed by atoms with Crippen LogP contribution in [0.4, 0.5) is 0 Å². The Hall–Kier alpha value is -1.64. The number of benzene rings is 1. The van der Waals surface area contributed by atoms with Gasteiger partial charge in [0.25, 0.3) is 5.91 Å². The lowest BCUT2D eigenvalue weighted by Crippen LogP contribution is -2.42. The number of hydrogen-bond donors (Lipinski definition) is 2. The maximum absolute atomic E-state index is 12.5. The molecule has 0 saturated heterocycles. The summed E-state index contributed by atoms with van der Waals surface area (Å²) in [4.78, 5) is 14.7. The summed E-state index contributed by atoms with van der Waals surface area (Å²) in [5.74, 6) is -0.114.